The van der Waals surface area contributed by atoms with Crippen molar-refractivity contribution in [1.29, 1.82) is 0 Å². The predicted molar refractivity (Wildman–Crippen MR) is 101 cm³/mol. The highest BCUT2D eigenvalue weighted by molar-refractivity contribution is 5.50. The molecule has 1 heterocycles. The SMILES string of the molecule is COCO[C@H]1C[C@@H](C)[C@](C)(CCC=O)C2=C1[C@@H](/C=C(\C)CCCO)OC2. The van der Waals surface area contributed by atoms with E-state index in [-0.39, 0.29) is 31.0 Å². The molecule has 1 N–H and O–H groups in total. The lowest BCUT2D eigenvalue weighted by atomic mass is 9.62. The summed E-state index contributed by atoms with van der Waals surface area (Å²) in [5, 5.41) is 9.05. The van der Waals surface area contributed by atoms with Crippen LogP contribution in [0.4, 0.5) is 0 Å². The minimum Gasteiger partial charge on any atom is -0.396 e. The Kier molecular flexibility index (Phi) is 8.02. The lowest BCUT2D eigenvalue weighted by molar-refractivity contribution is -0.108. The third kappa shape index (κ3) is 4.63. The number of carbonyl (C=O) groups excluding carboxylic acids is 1. The average Bonchev–Trinajstić information content (AvgIpc) is 3.05. The molecule has 5 heteroatoms. The smallest absolute Gasteiger partial charge is 0.147 e. The van der Waals surface area contributed by atoms with Crippen molar-refractivity contribution in [2.24, 2.45) is 11.3 Å². The number of hydrogen-bond donors (Lipinski definition) is 1. The van der Waals surface area contributed by atoms with Crippen LogP contribution in [0.1, 0.15) is 52.9 Å². The van der Waals surface area contributed by atoms with Crippen molar-refractivity contribution in [2.75, 3.05) is 27.1 Å². The van der Waals surface area contributed by atoms with Crippen molar-refractivity contribution in [1.82, 2.24) is 0 Å². The van der Waals surface area contributed by atoms with Crippen LogP contribution in [0.15, 0.2) is 22.8 Å². The monoisotopic (exact) mass is 366 g/mol. The van der Waals surface area contributed by atoms with Crippen LogP contribution in [0.5, 0.6) is 0 Å². The van der Waals surface area contributed by atoms with Crippen molar-refractivity contribution in [2.45, 2.75) is 65.1 Å². The van der Waals surface area contributed by atoms with Gasteiger partial charge in [0, 0.05) is 20.1 Å². The zero-order valence-electron chi connectivity index (χ0n) is 16.6. The van der Waals surface area contributed by atoms with Crippen molar-refractivity contribution in [3.8, 4) is 0 Å². The Hall–Kier alpha value is -1.01. The number of ether oxygens (including phenoxy) is 3. The van der Waals surface area contributed by atoms with Gasteiger partial charge in [-0.3, -0.25) is 0 Å². The Balaban J connectivity index is 2.34. The normalized spacial score (nSPS) is 32.0. The van der Waals surface area contributed by atoms with Gasteiger partial charge < -0.3 is 24.1 Å². The van der Waals surface area contributed by atoms with Crippen LogP contribution in [-0.4, -0.2) is 50.7 Å². The second kappa shape index (κ2) is 9.79. The minimum absolute atomic E-state index is 0.0151. The first-order valence-corrected chi connectivity index (χ1v) is 9.65. The van der Waals surface area contributed by atoms with Crippen LogP contribution in [0.2, 0.25) is 0 Å². The van der Waals surface area contributed by atoms with Gasteiger partial charge in [-0.2, -0.15) is 0 Å². The molecule has 0 bridgehead atoms. The van der Waals surface area contributed by atoms with Crippen molar-refractivity contribution in [3.05, 3.63) is 22.8 Å². The van der Waals surface area contributed by atoms with E-state index in [1.807, 2.05) is 0 Å². The van der Waals surface area contributed by atoms with Gasteiger partial charge in [0.2, 0.25) is 0 Å². The van der Waals surface area contributed by atoms with Crippen LogP contribution in [0.25, 0.3) is 0 Å². The van der Waals surface area contributed by atoms with Crippen LogP contribution < -0.4 is 0 Å². The fourth-order valence-electron chi connectivity index (χ4n) is 4.30. The summed E-state index contributed by atoms with van der Waals surface area (Å²) in [4.78, 5) is 11.0. The number of aldehydes is 1. The second-order valence-electron chi connectivity index (χ2n) is 7.83. The van der Waals surface area contributed by atoms with Gasteiger partial charge in [0.05, 0.1) is 12.7 Å². The highest BCUT2D eigenvalue weighted by Crippen LogP contribution is 2.52. The number of carbonyl (C=O) groups is 1. The maximum atomic E-state index is 11.0. The second-order valence-corrected chi connectivity index (χ2v) is 7.83. The third-order valence-electron chi connectivity index (χ3n) is 6.09. The first-order valence-electron chi connectivity index (χ1n) is 9.65. The molecule has 0 radical (unpaired) electrons. The van der Waals surface area contributed by atoms with E-state index in [0.717, 1.165) is 32.0 Å². The maximum absolute atomic E-state index is 11.0. The molecule has 0 aromatic heterocycles. The molecule has 26 heavy (non-hydrogen) atoms. The Bertz CT molecular complexity index is 539. The largest absolute Gasteiger partial charge is 0.396 e. The van der Waals surface area contributed by atoms with E-state index in [2.05, 4.69) is 26.8 Å². The zero-order valence-corrected chi connectivity index (χ0v) is 16.6. The van der Waals surface area contributed by atoms with Gasteiger partial charge in [-0.25, -0.2) is 0 Å². The van der Waals surface area contributed by atoms with Gasteiger partial charge in [-0.05, 0) is 55.1 Å². The summed E-state index contributed by atoms with van der Waals surface area (Å²) in [5.41, 5.74) is 3.70. The van der Waals surface area contributed by atoms with Crippen LogP contribution in [0.3, 0.4) is 0 Å². The van der Waals surface area contributed by atoms with Crippen molar-refractivity contribution < 1.29 is 24.1 Å². The Morgan fingerprint density at radius 2 is 2.23 bits per heavy atom. The van der Waals surface area contributed by atoms with Crippen molar-refractivity contribution in [3.63, 3.8) is 0 Å². The summed E-state index contributed by atoms with van der Waals surface area (Å²) in [6, 6.07) is 0. The molecule has 0 fully saturated rings. The number of methoxy groups -OCH3 is 1. The quantitative estimate of drug-likeness (QED) is 0.365. The molecular weight excluding hydrogens is 332 g/mol. The van der Waals surface area contributed by atoms with Gasteiger partial charge in [-0.1, -0.05) is 25.5 Å². The number of aliphatic hydroxyl groups is 1. The van der Waals surface area contributed by atoms with Crippen LogP contribution in [-0.2, 0) is 19.0 Å². The van der Waals surface area contributed by atoms with Crippen LogP contribution in [0, 0.1) is 11.3 Å². The fraction of sp³-hybridized carbons (Fsp3) is 0.762. The van der Waals surface area contributed by atoms with E-state index in [1.165, 1.54) is 16.7 Å². The Morgan fingerprint density at radius 1 is 1.46 bits per heavy atom. The molecule has 0 saturated carbocycles. The van der Waals surface area contributed by atoms with E-state index < -0.39 is 0 Å². The molecule has 2 rings (SSSR count). The first-order chi connectivity index (χ1) is 12.5. The highest BCUT2D eigenvalue weighted by atomic mass is 16.7. The summed E-state index contributed by atoms with van der Waals surface area (Å²) in [7, 11) is 1.64. The minimum atomic E-state index is -0.0893. The molecule has 0 aromatic carbocycles. The molecule has 0 spiro atoms. The zero-order chi connectivity index (χ0) is 19.2. The molecular formula is C21H34O5. The topological polar surface area (TPSA) is 65.0 Å². The molecule has 1 aliphatic carbocycles. The van der Waals surface area contributed by atoms with Crippen molar-refractivity contribution >= 4 is 6.29 Å². The summed E-state index contributed by atoms with van der Waals surface area (Å²) in [6.45, 7) is 7.64. The van der Waals surface area contributed by atoms with Crippen LogP contribution >= 0.6 is 0 Å². The molecule has 0 unspecified atom stereocenters. The molecule has 5 nitrogen and oxygen atoms in total. The van der Waals surface area contributed by atoms with E-state index in [0.29, 0.717) is 18.9 Å². The molecule has 0 amide bonds. The summed E-state index contributed by atoms with van der Waals surface area (Å²) < 4.78 is 17.3. The summed E-state index contributed by atoms with van der Waals surface area (Å²) in [5.74, 6) is 0.407. The first kappa shape index (κ1) is 21.3. The standard InChI is InChI=1S/C21H34O5/c1-15(7-5-9-22)11-18-20-17(13-25-18)21(3,8-6-10-23)16(2)12-19(20)26-14-24-4/h10-11,16,18-19,22H,5-9,12-14H2,1-4H3/b15-11+/t16-,18-,19+,21+/m1/s1. The summed E-state index contributed by atoms with van der Waals surface area (Å²) >= 11 is 0. The molecule has 4 atom stereocenters. The van der Waals surface area contributed by atoms with Gasteiger partial charge >= 0.3 is 0 Å². The van der Waals surface area contributed by atoms with E-state index in [1.54, 1.807) is 7.11 Å². The fourth-order valence-corrected chi connectivity index (χ4v) is 4.30. The van der Waals surface area contributed by atoms with E-state index in [4.69, 9.17) is 19.3 Å². The number of allylic oxidation sites excluding steroid dienone is 1. The van der Waals surface area contributed by atoms with E-state index >= 15 is 0 Å². The number of hydrogen-bond acceptors (Lipinski definition) is 5. The lowest BCUT2D eigenvalue weighted by Crippen LogP contribution is -2.40. The third-order valence-corrected chi connectivity index (χ3v) is 6.09. The Labute approximate surface area is 157 Å². The van der Waals surface area contributed by atoms with Gasteiger partial charge in [-0.15, -0.1) is 0 Å². The van der Waals surface area contributed by atoms with Gasteiger partial charge in [0.25, 0.3) is 0 Å². The lowest BCUT2D eigenvalue weighted by Gasteiger charge is -2.44. The molecule has 0 aromatic rings. The molecule has 2 aliphatic rings. The van der Waals surface area contributed by atoms with Gasteiger partial charge in [0.15, 0.2) is 0 Å². The molecule has 1 aliphatic heterocycles. The Morgan fingerprint density at radius 3 is 2.88 bits per heavy atom. The van der Waals surface area contributed by atoms with E-state index in [9.17, 15) is 4.79 Å². The summed E-state index contributed by atoms with van der Waals surface area (Å²) in [6.07, 6.45) is 7.01. The molecule has 0 saturated heterocycles. The highest BCUT2D eigenvalue weighted by Gasteiger charge is 2.47. The predicted octanol–water partition coefficient (Wildman–Crippen LogP) is 3.41. The average molecular weight is 366 g/mol. The van der Waals surface area contributed by atoms with Gasteiger partial charge in [0.1, 0.15) is 19.2 Å². The molecule has 148 valence electrons. The number of rotatable bonds is 10. The number of aliphatic hydroxyl groups excluding tert-OH is 1. The maximum Gasteiger partial charge on any atom is 0.147 e.